The maximum atomic E-state index is 11.8. The van der Waals surface area contributed by atoms with Crippen molar-refractivity contribution in [2.45, 2.75) is 0 Å². The Hall–Kier alpha value is -2.76. The molecule has 6 nitrogen and oxygen atoms in total. The van der Waals surface area contributed by atoms with Crippen LogP contribution in [-0.2, 0) is 9.47 Å². The summed E-state index contributed by atoms with van der Waals surface area (Å²) in [6.07, 6.45) is 2.89. The van der Waals surface area contributed by atoms with Gasteiger partial charge in [0.05, 0.1) is 36.7 Å². The van der Waals surface area contributed by atoms with Crippen molar-refractivity contribution in [1.82, 2.24) is 9.97 Å². The van der Waals surface area contributed by atoms with E-state index in [1.165, 1.54) is 26.5 Å². The van der Waals surface area contributed by atoms with Crippen molar-refractivity contribution < 1.29 is 19.1 Å². The number of esters is 2. The van der Waals surface area contributed by atoms with Crippen LogP contribution in [-0.4, -0.2) is 36.1 Å². The third-order valence-corrected chi connectivity index (χ3v) is 2.64. The van der Waals surface area contributed by atoms with Gasteiger partial charge in [0.25, 0.3) is 0 Å². The number of ether oxygens (including phenoxy) is 2. The molecule has 0 spiro atoms. The predicted octanol–water partition coefficient (Wildman–Crippen LogP) is 1.72. The Morgan fingerprint density at radius 2 is 1.65 bits per heavy atom. The molecule has 0 radical (unpaired) electrons. The highest BCUT2D eigenvalue weighted by molar-refractivity contribution is 6.03. The van der Waals surface area contributed by atoms with Crippen LogP contribution in [0.2, 0.25) is 0 Å². The average Bonchev–Trinajstić information content (AvgIpc) is 2.53. The minimum atomic E-state index is -0.648. The van der Waals surface area contributed by atoms with E-state index in [0.717, 1.165) is 0 Å². The van der Waals surface area contributed by atoms with Gasteiger partial charge in [-0.2, -0.15) is 0 Å². The molecular formula is C14H12N2O4. The smallest absolute Gasteiger partial charge is 0.340 e. The maximum absolute atomic E-state index is 11.8. The average molecular weight is 272 g/mol. The van der Waals surface area contributed by atoms with Gasteiger partial charge >= 0.3 is 11.9 Å². The van der Waals surface area contributed by atoms with Gasteiger partial charge < -0.3 is 9.47 Å². The van der Waals surface area contributed by atoms with Crippen LogP contribution in [0, 0.1) is 0 Å². The quantitative estimate of drug-likeness (QED) is 0.791. The van der Waals surface area contributed by atoms with Crippen molar-refractivity contribution in [3.63, 3.8) is 0 Å². The standard InChI is InChI=1S/C14H12N2O4/c1-19-13(17)9-7-12(11-5-3-4-6-15-11)16-8-10(9)14(18)20-2/h3-8H,1-2H3. The molecule has 0 fully saturated rings. The second-order valence-corrected chi connectivity index (χ2v) is 3.81. The van der Waals surface area contributed by atoms with E-state index in [9.17, 15) is 9.59 Å². The normalized spacial score (nSPS) is 9.90. The first-order valence-electron chi connectivity index (χ1n) is 5.75. The van der Waals surface area contributed by atoms with E-state index in [4.69, 9.17) is 0 Å². The minimum absolute atomic E-state index is 0.0547. The molecule has 2 aromatic rings. The predicted molar refractivity (Wildman–Crippen MR) is 70.1 cm³/mol. The number of carbonyl (C=O) groups is 2. The van der Waals surface area contributed by atoms with Crippen molar-refractivity contribution in [3.8, 4) is 11.4 Å². The lowest BCUT2D eigenvalue weighted by atomic mass is 10.1. The number of rotatable bonds is 3. The SMILES string of the molecule is COC(=O)c1cnc(-c2ccccn2)cc1C(=O)OC. The zero-order chi connectivity index (χ0) is 14.5. The fraction of sp³-hybridized carbons (Fsp3) is 0.143. The van der Waals surface area contributed by atoms with Gasteiger partial charge in [0.1, 0.15) is 0 Å². The molecule has 0 bridgehead atoms. The highest BCUT2D eigenvalue weighted by Gasteiger charge is 2.20. The molecule has 2 rings (SSSR count). The van der Waals surface area contributed by atoms with Crippen LogP contribution in [0.5, 0.6) is 0 Å². The molecule has 0 saturated heterocycles. The number of aromatic nitrogens is 2. The second kappa shape index (κ2) is 5.92. The molecule has 102 valence electrons. The van der Waals surface area contributed by atoms with E-state index in [1.807, 2.05) is 0 Å². The highest BCUT2D eigenvalue weighted by atomic mass is 16.5. The zero-order valence-electron chi connectivity index (χ0n) is 11.0. The van der Waals surface area contributed by atoms with Crippen LogP contribution >= 0.6 is 0 Å². The monoisotopic (exact) mass is 272 g/mol. The molecule has 0 aliphatic heterocycles. The molecule has 0 amide bonds. The molecule has 2 aromatic heterocycles. The van der Waals surface area contributed by atoms with Crippen molar-refractivity contribution in [2.75, 3.05) is 14.2 Å². The van der Waals surface area contributed by atoms with Gasteiger partial charge in [0.2, 0.25) is 0 Å². The fourth-order valence-corrected chi connectivity index (χ4v) is 1.66. The summed E-state index contributed by atoms with van der Waals surface area (Å²) in [5, 5.41) is 0. The highest BCUT2D eigenvalue weighted by Crippen LogP contribution is 2.19. The number of nitrogens with zero attached hydrogens (tertiary/aromatic N) is 2. The van der Waals surface area contributed by atoms with Gasteiger partial charge in [-0.25, -0.2) is 9.59 Å². The third-order valence-electron chi connectivity index (χ3n) is 2.64. The van der Waals surface area contributed by atoms with Crippen LogP contribution in [0.15, 0.2) is 36.7 Å². The van der Waals surface area contributed by atoms with Crippen LogP contribution < -0.4 is 0 Å². The minimum Gasteiger partial charge on any atom is -0.465 e. The first-order chi connectivity index (χ1) is 9.67. The lowest BCUT2D eigenvalue weighted by Gasteiger charge is -2.07. The Balaban J connectivity index is 2.54. The van der Waals surface area contributed by atoms with E-state index in [-0.39, 0.29) is 11.1 Å². The summed E-state index contributed by atoms with van der Waals surface area (Å²) in [5.74, 6) is -1.28. The maximum Gasteiger partial charge on any atom is 0.340 e. The first kappa shape index (κ1) is 13.7. The van der Waals surface area contributed by atoms with E-state index in [1.54, 1.807) is 24.4 Å². The Bertz CT molecular complexity index is 641. The largest absolute Gasteiger partial charge is 0.465 e. The Kier molecular flexibility index (Phi) is 4.05. The van der Waals surface area contributed by atoms with Crippen LogP contribution in [0.25, 0.3) is 11.4 Å². The molecular weight excluding hydrogens is 260 g/mol. The van der Waals surface area contributed by atoms with Gasteiger partial charge in [-0.15, -0.1) is 0 Å². The lowest BCUT2D eigenvalue weighted by Crippen LogP contribution is -2.12. The second-order valence-electron chi connectivity index (χ2n) is 3.81. The number of carbonyl (C=O) groups excluding carboxylic acids is 2. The van der Waals surface area contributed by atoms with E-state index in [2.05, 4.69) is 19.4 Å². The summed E-state index contributed by atoms with van der Waals surface area (Å²) in [5.41, 5.74) is 1.21. The molecule has 0 saturated carbocycles. The summed E-state index contributed by atoms with van der Waals surface area (Å²) in [6, 6.07) is 6.78. The third kappa shape index (κ3) is 2.64. The molecule has 0 aromatic carbocycles. The van der Waals surface area contributed by atoms with Crippen LogP contribution in [0.4, 0.5) is 0 Å². The van der Waals surface area contributed by atoms with E-state index in [0.29, 0.717) is 11.4 Å². The van der Waals surface area contributed by atoms with Gasteiger partial charge in [-0.3, -0.25) is 9.97 Å². The zero-order valence-corrected chi connectivity index (χ0v) is 11.0. The number of hydrogen-bond donors (Lipinski definition) is 0. The topological polar surface area (TPSA) is 78.4 Å². The fourth-order valence-electron chi connectivity index (χ4n) is 1.66. The van der Waals surface area contributed by atoms with Crippen molar-refractivity contribution in [2.24, 2.45) is 0 Å². The Morgan fingerprint density at radius 3 is 2.25 bits per heavy atom. The van der Waals surface area contributed by atoms with Crippen molar-refractivity contribution >= 4 is 11.9 Å². The van der Waals surface area contributed by atoms with Gasteiger partial charge in [-0.05, 0) is 18.2 Å². The summed E-state index contributed by atoms with van der Waals surface area (Å²) in [7, 11) is 2.47. The van der Waals surface area contributed by atoms with Crippen molar-refractivity contribution in [3.05, 3.63) is 47.8 Å². The molecule has 0 aliphatic carbocycles. The lowest BCUT2D eigenvalue weighted by molar-refractivity contribution is 0.0555. The first-order valence-corrected chi connectivity index (χ1v) is 5.75. The van der Waals surface area contributed by atoms with Crippen LogP contribution in [0.3, 0.4) is 0 Å². The summed E-state index contributed by atoms with van der Waals surface area (Å²) < 4.78 is 9.28. The van der Waals surface area contributed by atoms with Gasteiger partial charge in [0, 0.05) is 12.4 Å². The molecule has 0 atom stereocenters. The molecule has 0 unspecified atom stereocenters. The summed E-state index contributed by atoms with van der Waals surface area (Å²) in [4.78, 5) is 31.6. The number of hydrogen-bond acceptors (Lipinski definition) is 6. The van der Waals surface area contributed by atoms with Gasteiger partial charge in [-0.1, -0.05) is 6.07 Å². The molecule has 2 heterocycles. The van der Waals surface area contributed by atoms with Gasteiger partial charge in [0.15, 0.2) is 0 Å². The summed E-state index contributed by atoms with van der Waals surface area (Å²) in [6.45, 7) is 0. The number of pyridine rings is 2. The molecule has 0 N–H and O–H groups in total. The van der Waals surface area contributed by atoms with Crippen molar-refractivity contribution in [1.29, 1.82) is 0 Å². The number of methoxy groups -OCH3 is 2. The molecule has 0 aliphatic rings. The van der Waals surface area contributed by atoms with E-state index >= 15 is 0 Å². The molecule has 20 heavy (non-hydrogen) atoms. The Labute approximate surface area is 115 Å². The van der Waals surface area contributed by atoms with Crippen LogP contribution in [0.1, 0.15) is 20.7 Å². The van der Waals surface area contributed by atoms with E-state index < -0.39 is 11.9 Å². The Morgan fingerprint density at radius 1 is 0.950 bits per heavy atom. The summed E-state index contributed by atoms with van der Waals surface area (Å²) >= 11 is 0. The molecule has 6 heteroatoms.